The lowest BCUT2D eigenvalue weighted by Crippen LogP contribution is -2.46. The number of hydrogen-bond donors (Lipinski definition) is 1. The number of sulfonamides is 1. The zero-order chi connectivity index (χ0) is 21.0. The molecule has 0 bridgehead atoms. The van der Waals surface area contributed by atoms with Crippen LogP contribution in [0, 0.1) is 6.92 Å². The molecule has 1 aliphatic rings. The number of carbonyl (C=O) groups excluding carboxylic acids is 2. The first kappa shape index (κ1) is 21.0. The Morgan fingerprint density at radius 1 is 1.07 bits per heavy atom. The molecule has 0 radical (unpaired) electrons. The summed E-state index contributed by atoms with van der Waals surface area (Å²) < 4.78 is 32.0. The van der Waals surface area contributed by atoms with Crippen molar-refractivity contribution in [3.63, 3.8) is 0 Å². The monoisotopic (exact) mass is 416 g/mol. The van der Waals surface area contributed by atoms with Gasteiger partial charge in [-0.05, 0) is 50.1 Å². The van der Waals surface area contributed by atoms with Crippen LogP contribution in [0.5, 0.6) is 5.75 Å². The van der Waals surface area contributed by atoms with Gasteiger partial charge in [0.25, 0.3) is 5.91 Å². The van der Waals surface area contributed by atoms with Crippen LogP contribution in [0.25, 0.3) is 0 Å². The van der Waals surface area contributed by atoms with Gasteiger partial charge in [-0.25, -0.2) is 8.42 Å². The van der Waals surface area contributed by atoms with E-state index in [0.29, 0.717) is 37.2 Å². The number of piperidine rings is 1. The van der Waals surface area contributed by atoms with Crippen LogP contribution in [-0.2, 0) is 14.8 Å². The summed E-state index contributed by atoms with van der Waals surface area (Å²) in [7, 11) is -3.53. The predicted octanol–water partition coefficient (Wildman–Crippen LogP) is 2.50. The molecule has 1 saturated heterocycles. The molecule has 8 heteroatoms. The highest BCUT2D eigenvalue weighted by molar-refractivity contribution is 7.89. The number of hydrogen-bond acceptors (Lipinski definition) is 5. The first-order valence-corrected chi connectivity index (χ1v) is 10.9. The number of rotatable bonds is 5. The van der Waals surface area contributed by atoms with Crippen LogP contribution in [0.3, 0.4) is 0 Å². The minimum Gasteiger partial charge on any atom is -0.427 e. The van der Waals surface area contributed by atoms with Crippen molar-refractivity contribution in [3.8, 4) is 5.75 Å². The molecule has 29 heavy (non-hydrogen) atoms. The third-order valence-electron chi connectivity index (χ3n) is 4.81. The number of esters is 1. The van der Waals surface area contributed by atoms with Crippen molar-refractivity contribution in [2.24, 2.45) is 0 Å². The summed E-state index contributed by atoms with van der Waals surface area (Å²) in [6, 6.07) is 13.1. The van der Waals surface area contributed by atoms with Crippen LogP contribution < -0.4 is 10.1 Å². The number of aryl methyl sites for hydroxylation is 1. The van der Waals surface area contributed by atoms with E-state index in [1.165, 1.54) is 17.3 Å². The maximum atomic E-state index is 12.8. The Balaban J connectivity index is 1.59. The predicted molar refractivity (Wildman–Crippen MR) is 108 cm³/mol. The van der Waals surface area contributed by atoms with Crippen molar-refractivity contribution in [1.29, 1.82) is 0 Å². The van der Waals surface area contributed by atoms with Crippen LogP contribution >= 0.6 is 0 Å². The van der Waals surface area contributed by atoms with Crippen LogP contribution in [0.2, 0.25) is 0 Å². The van der Waals surface area contributed by atoms with Gasteiger partial charge in [0, 0.05) is 31.6 Å². The van der Waals surface area contributed by atoms with E-state index < -0.39 is 16.0 Å². The highest BCUT2D eigenvalue weighted by Gasteiger charge is 2.30. The molecule has 0 saturated carbocycles. The molecule has 0 aliphatic carbocycles. The Morgan fingerprint density at radius 3 is 2.34 bits per heavy atom. The molecule has 1 aliphatic heterocycles. The summed E-state index contributed by atoms with van der Waals surface area (Å²) in [4.78, 5) is 23.8. The molecule has 7 nitrogen and oxygen atoms in total. The summed E-state index contributed by atoms with van der Waals surface area (Å²) in [5, 5.41) is 2.93. The van der Waals surface area contributed by atoms with Gasteiger partial charge in [0.05, 0.1) is 4.90 Å². The van der Waals surface area contributed by atoms with Crippen molar-refractivity contribution < 1.29 is 22.7 Å². The molecule has 0 unspecified atom stereocenters. The van der Waals surface area contributed by atoms with Crippen LogP contribution in [0.4, 0.5) is 0 Å². The van der Waals surface area contributed by atoms with Crippen LogP contribution in [0.15, 0.2) is 53.4 Å². The smallest absolute Gasteiger partial charge is 0.308 e. The van der Waals surface area contributed by atoms with Gasteiger partial charge in [-0.15, -0.1) is 0 Å². The standard InChI is InChI=1S/C21H24N2O5S/c1-15-6-8-20(9-7-15)29(26,27)23-12-10-18(11-13-23)22-21(25)17-4-3-5-19(14-17)28-16(2)24/h3-9,14,18H,10-13H2,1-2H3,(H,22,25). The second-order valence-electron chi connectivity index (χ2n) is 7.09. The molecule has 0 aromatic heterocycles. The molecule has 1 N–H and O–H groups in total. The first-order valence-electron chi connectivity index (χ1n) is 9.42. The van der Waals surface area contributed by atoms with Gasteiger partial charge in [0.15, 0.2) is 0 Å². The molecular formula is C21H24N2O5S. The Bertz CT molecular complexity index is 994. The Kier molecular flexibility index (Phi) is 6.34. The Morgan fingerprint density at radius 2 is 1.72 bits per heavy atom. The van der Waals surface area contributed by atoms with Gasteiger partial charge in [-0.3, -0.25) is 9.59 Å². The lowest BCUT2D eigenvalue weighted by molar-refractivity contribution is -0.131. The molecule has 154 valence electrons. The minimum atomic E-state index is -3.53. The molecule has 2 aromatic carbocycles. The lowest BCUT2D eigenvalue weighted by Gasteiger charge is -2.31. The van der Waals surface area contributed by atoms with E-state index in [0.717, 1.165) is 5.56 Å². The third-order valence-corrected chi connectivity index (χ3v) is 6.72. The molecule has 1 heterocycles. The zero-order valence-corrected chi connectivity index (χ0v) is 17.2. The van der Waals surface area contributed by atoms with Crippen LogP contribution in [-0.4, -0.2) is 43.7 Å². The summed E-state index contributed by atoms with van der Waals surface area (Å²) in [6.07, 6.45) is 1.06. The van der Waals surface area contributed by atoms with E-state index in [1.54, 1.807) is 42.5 Å². The quantitative estimate of drug-likeness (QED) is 0.597. The fourth-order valence-electron chi connectivity index (χ4n) is 3.24. The van der Waals surface area contributed by atoms with E-state index in [-0.39, 0.29) is 16.8 Å². The number of benzene rings is 2. The number of carbonyl (C=O) groups is 2. The highest BCUT2D eigenvalue weighted by Crippen LogP contribution is 2.22. The van der Waals surface area contributed by atoms with Gasteiger partial charge in [0.2, 0.25) is 10.0 Å². The molecular weight excluding hydrogens is 392 g/mol. The normalized spacial score (nSPS) is 15.7. The van der Waals surface area contributed by atoms with Gasteiger partial charge in [-0.2, -0.15) is 4.31 Å². The molecule has 0 atom stereocenters. The van der Waals surface area contributed by atoms with Crippen molar-refractivity contribution in [1.82, 2.24) is 9.62 Å². The number of nitrogens with zero attached hydrogens (tertiary/aromatic N) is 1. The largest absolute Gasteiger partial charge is 0.427 e. The van der Waals surface area contributed by atoms with E-state index in [4.69, 9.17) is 4.74 Å². The number of nitrogens with one attached hydrogen (secondary N) is 1. The van der Waals surface area contributed by atoms with Gasteiger partial charge in [0.1, 0.15) is 5.75 Å². The van der Waals surface area contributed by atoms with Crippen molar-refractivity contribution in [3.05, 3.63) is 59.7 Å². The van der Waals surface area contributed by atoms with Gasteiger partial charge >= 0.3 is 5.97 Å². The fourth-order valence-corrected chi connectivity index (χ4v) is 4.71. The van der Waals surface area contributed by atoms with Crippen molar-refractivity contribution in [2.75, 3.05) is 13.1 Å². The molecule has 3 rings (SSSR count). The number of ether oxygens (including phenoxy) is 1. The van der Waals surface area contributed by atoms with Crippen LogP contribution in [0.1, 0.15) is 35.7 Å². The average molecular weight is 416 g/mol. The Hall–Kier alpha value is -2.71. The molecule has 1 fully saturated rings. The minimum absolute atomic E-state index is 0.121. The third kappa shape index (κ3) is 5.21. The Labute approximate surface area is 170 Å². The molecule has 1 amide bonds. The van der Waals surface area contributed by atoms with E-state index in [2.05, 4.69) is 5.32 Å². The maximum absolute atomic E-state index is 12.8. The number of amides is 1. The van der Waals surface area contributed by atoms with Gasteiger partial charge in [-0.1, -0.05) is 23.8 Å². The average Bonchev–Trinajstić information content (AvgIpc) is 2.68. The highest BCUT2D eigenvalue weighted by atomic mass is 32.2. The zero-order valence-electron chi connectivity index (χ0n) is 16.4. The maximum Gasteiger partial charge on any atom is 0.308 e. The fraction of sp³-hybridized carbons (Fsp3) is 0.333. The first-order chi connectivity index (χ1) is 13.8. The van der Waals surface area contributed by atoms with Gasteiger partial charge < -0.3 is 10.1 Å². The van der Waals surface area contributed by atoms with E-state index in [9.17, 15) is 18.0 Å². The lowest BCUT2D eigenvalue weighted by atomic mass is 10.1. The SMILES string of the molecule is CC(=O)Oc1cccc(C(=O)NC2CCN(S(=O)(=O)c3ccc(C)cc3)CC2)c1. The van der Waals surface area contributed by atoms with E-state index >= 15 is 0 Å². The topological polar surface area (TPSA) is 92.8 Å². The second-order valence-corrected chi connectivity index (χ2v) is 9.02. The summed E-state index contributed by atoms with van der Waals surface area (Å²) in [5.74, 6) is -0.423. The van der Waals surface area contributed by atoms with Crippen molar-refractivity contribution in [2.45, 2.75) is 37.6 Å². The second kappa shape index (κ2) is 8.75. The van der Waals surface area contributed by atoms with Crippen molar-refractivity contribution >= 4 is 21.9 Å². The summed E-state index contributed by atoms with van der Waals surface area (Å²) in [5.41, 5.74) is 1.39. The van der Waals surface area contributed by atoms with E-state index in [1.807, 2.05) is 6.92 Å². The molecule has 2 aromatic rings. The summed E-state index contributed by atoms with van der Waals surface area (Å²) >= 11 is 0. The molecule has 0 spiro atoms. The summed E-state index contributed by atoms with van der Waals surface area (Å²) in [6.45, 7) is 3.89.